The average Bonchev–Trinajstić information content (AvgIpc) is 2.63. The first-order valence-electron chi connectivity index (χ1n) is 8.81. The van der Waals surface area contributed by atoms with Crippen LogP contribution in [0.4, 0.5) is 11.4 Å². The third kappa shape index (κ3) is 4.16. The molecular weight excluding hydrogens is 344 g/mol. The summed E-state index contributed by atoms with van der Waals surface area (Å²) in [7, 11) is 0. The smallest absolute Gasteiger partial charge is 0.311 e. The van der Waals surface area contributed by atoms with Gasteiger partial charge in [-0.2, -0.15) is 0 Å². The molecule has 0 radical (unpaired) electrons. The van der Waals surface area contributed by atoms with Gasteiger partial charge >= 0.3 is 5.97 Å². The normalized spacial score (nSPS) is 14.2. The van der Waals surface area contributed by atoms with Crippen LogP contribution < -0.4 is 10.2 Å². The van der Waals surface area contributed by atoms with Gasteiger partial charge in [-0.3, -0.25) is 19.3 Å². The number of anilines is 2. The fraction of sp³-hybridized carbons (Fsp3) is 0.286. The zero-order valence-corrected chi connectivity index (χ0v) is 15.6. The van der Waals surface area contributed by atoms with E-state index in [1.54, 1.807) is 24.3 Å². The van der Waals surface area contributed by atoms with Crippen molar-refractivity contribution in [1.82, 2.24) is 0 Å². The number of esters is 1. The van der Waals surface area contributed by atoms with Crippen molar-refractivity contribution in [3.05, 3.63) is 59.2 Å². The van der Waals surface area contributed by atoms with Crippen molar-refractivity contribution in [3.63, 3.8) is 0 Å². The van der Waals surface area contributed by atoms with E-state index in [1.165, 1.54) is 11.8 Å². The fourth-order valence-electron chi connectivity index (χ4n) is 3.02. The van der Waals surface area contributed by atoms with Crippen LogP contribution in [-0.2, 0) is 25.5 Å². The van der Waals surface area contributed by atoms with Crippen molar-refractivity contribution in [2.45, 2.75) is 33.3 Å². The first-order valence-corrected chi connectivity index (χ1v) is 8.81. The van der Waals surface area contributed by atoms with E-state index in [2.05, 4.69) is 5.32 Å². The van der Waals surface area contributed by atoms with Crippen LogP contribution in [0.15, 0.2) is 42.5 Å². The molecule has 1 N–H and O–H groups in total. The Balaban J connectivity index is 1.68. The molecule has 1 aliphatic rings. The highest BCUT2D eigenvalue weighted by atomic mass is 16.5. The summed E-state index contributed by atoms with van der Waals surface area (Å²) in [6.07, 6.45) is -0.890. The minimum atomic E-state index is -0.983. The zero-order chi connectivity index (χ0) is 19.6. The number of carbonyl (C=O) groups excluding carboxylic acids is 3. The van der Waals surface area contributed by atoms with Gasteiger partial charge in [0.25, 0.3) is 5.91 Å². The monoisotopic (exact) mass is 366 g/mol. The summed E-state index contributed by atoms with van der Waals surface area (Å²) in [5.41, 5.74) is 4.25. The molecule has 6 heteroatoms. The van der Waals surface area contributed by atoms with Gasteiger partial charge < -0.3 is 10.1 Å². The molecule has 1 heterocycles. The van der Waals surface area contributed by atoms with Gasteiger partial charge in [0, 0.05) is 0 Å². The van der Waals surface area contributed by atoms with E-state index >= 15 is 0 Å². The van der Waals surface area contributed by atoms with Gasteiger partial charge in [-0.05, 0) is 49.6 Å². The van der Waals surface area contributed by atoms with Crippen LogP contribution in [-0.4, -0.2) is 30.4 Å². The maximum absolute atomic E-state index is 12.8. The second-order valence-electron chi connectivity index (χ2n) is 6.72. The van der Waals surface area contributed by atoms with Crippen LogP contribution in [0.3, 0.4) is 0 Å². The van der Waals surface area contributed by atoms with Crippen molar-refractivity contribution in [2.75, 3.05) is 16.8 Å². The summed E-state index contributed by atoms with van der Waals surface area (Å²) < 4.78 is 5.33. The minimum Gasteiger partial charge on any atom is -0.452 e. The number of fused-ring (bicyclic) bond motifs is 1. The number of rotatable bonds is 4. The van der Waals surface area contributed by atoms with Crippen LogP contribution in [0.25, 0.3) is 0 Å². The minimum absolute atomic E-state index is 0.0931. The van der Waals surface area contributed by atoms with Gasteiger partial charge in [-0.1, -0.05) is 30.3 Å². The fourth-order valence-corrected chi connectivity index (χ4v) is 3.02. The summed E-state index contributed by atoms with van der Waals surface area (Å²) in [6, 6.07) is 12.8. The van der Waals surface area contributed by atoms with Gasteiger partial charge in [0.1, 0.15) is 6.54 Å². The molecule has 2 amide bonds. The topological polar surface area (TPSA) is 75.7 Å². The van der Waals surface area contributed by atoms with Gasteiger partial charge in [0.2, 0.25) is 5.91 Å². The molecule has 0 saturated carbocycles. The number of aryl methyl sites for hydroxylation is 2. The van der Waals surface area contributed by atoms with Crippen molar-refractivity contribution < 1.29 is 19.1 Å². The quantitative estimate of drug-likeness (QED) is 0.845. The molecule has 6 nitrogen and oxygen atoms in total. The Labute approximate surface area is 158 Å². The van der Waals surface area contributed by atoms with E-state index in [0.29, 0.717) is 11.4 Å². The van der Waals surface area contributed by atoms with Gasteiger partial charge in [0.15, 0.2) is 6.10 Å². The molecule has 27 heavy (non-hydrogen) atoms. The van der Waals surface area contributed by atoms with Crippen LogP contribution >= 0.6 is 0 Å². The number of hydrogen-bond donors (Lipinski definition) is 1. The van der Waals surface area contributed by atoms with E-state index in [0.717, 1.165) is 16.7 Å². The third-order valence-corrected chi connectivity index (χ3v) is 4.61. The van der Waals surface area contributed by atoms with E-state index < -0.39 is 18.0 Å². The Hall–Kier alpha value is -3.15. The highest BCUT2D eigenvalue weighted by Gasteiger charge is 2.31. The summed E-state index contributed by atoms with van der Waals surface area (Å²) in [5, 5.41) is 2.73. The molecule has 0 spiro atoms. The van der Waals surface area contributed by atoms with Crippen LogP contribution in [0.1, 0.15) is 23.6 Å². The van der Waals surface area contributed by atoms with Crippen molar-refractivity contribution >= 4 is 29.2 Å². The molecule has 3 rings (SSSR count). The number of nitrogens with one attached hydrogen (secondary N) is 1. The lowest BCUT2D eigenvalue weighted by Gasteiger charge is -2.30. The number of carbonyl (C=O) groups is 3. The van der Waals surface area contributed by atoms with Crippen molar-refractivity contribution in [3.8, 4) is 0 Å². The first-order chi connectivity index (χ1) is 12.8. The predicted molar refractivity (Wildman–Crippen MR) is 103 cm³/mol. The van der Waals surface area contributed by atoms with Crippen molar-refractivity contribution in [1.29, 1.82) is 0 Å². The SMILES string of the molecule is Cc1ccc(CC(=O)O[C@H](C)C(=O)N2CC(=O)Nc3ccccc32)cc1C. The Morgan fingerprint density at radius 2 is 1.89 bits per heavy atom. The lowest BCUT2D eigenvalue weighted by Crippen LogP contribution is -2.47. The van der Waals surface area contributed by atoms with Crippen LogP contribution in [0.5, 0.6) is 0 Å². The zero-order valence-electron chi connectivity index (χ0n) is 15.6. The maximum Gasteiger partial charge on any atom is 0.311 e. The lowest BCUT2D eigenvalue weighted by molar-refractivity contribution is -0.153. The molecule has 0 aliphatic carbocycles. The number of ether oxygens (including phenoxy) is 1. The first kappa shape index (κ1) is 18.6. The molecular formula is C21H22N2O4. The maximum atomic E-state index is 12.8. The van der Waals surface area contributed by atoms with E-state index in [1.807, 2.05) is 32.0 Å². The van der Waals surface area contributed by atoms with E-state index in [9.17, 15) is 14.4 Å². The highest BCUT2D eigenvalue weighted by Crippen LogP contribution is 2.29. The summed E-state index contributed by atoms with van der Waals surface area (Å²) in [4.78, 5) is 38.2. The molecule has 0 fully saturated rings. The number of para-hydroxylation sites is 2. The Morgan fingerprint density at radius 3 is 2.63 bits per heavy atom. The van der Waals surface area contributed by atoms with Crippen LogP contribution in [0.2, 0.25) is 0 Å². The third-order valence-electron chi connectivity index (χ3n) is 4.61. The molecule has 1 atom stereocenters. The second kappa shape index (κ2) is 7.61. The number of hydrogen-bond acceptors (Lipinski definition) is 4. The lowest BCUT2D eigenvalue weighted by atomic mass is 10.0. The predicted octanol–water partition coefficient (Wildman–Crippen LogP) is 2.76. The van der Waals surface area contributed by atoms with E-state index in [-0.39, 0.29) is 18.9 Å². The molecule has 0 bridgehead atoms. The van der Waals surface area contributed by atoms with E-state index in [4.69, 9.17) is 4.74 Å². The van der Waals surface area contributed by atoms with Gasteiger partial charge in [-0.15, -0.1) is 0 Å². The Morgan fingerprint density at radius 1 is 1.15 bits per heavy atom. The summed E-state index contributed by atoms with van der Waals surface area (Å²) in [6.45, 7) is 5.41. The molecule has 0 aromatic heterocycles. The number of benzene rings is 2. The van der Waals surface area contributed by atoms with Gasteiger partial charge in [-0.25, -0.2) is 0 Å². The summed E-state index contributed by atoms with van der Waals surface area (Å²) >= 11 is 0. The Kier molecular flexibility index (Phi) is 5.26. The van der Waals surface area contributed by atoms with Crippen molar-refractivity contribution in [2.24, 2.45) is 0 Å². The molecule has 0 saturated heterocycles. The summed E-state index contributed by atoms with van der Waals surface area (Å²) in [5.74, 6) is -1.18. The second-order valence-corrected chi connectivity index (χ2v) is 6.72. The molecule has 2 aromatic carbocycles. The molecule has 140 valence electrons. The number of nitrogens with zero attached hydrogens (tertiary/aromatic N) is 1. The molecule has 0 unspecified atom stereocenters. The average molecular weight is 366 g/mol. The number of amides is 2. The highest BCUT2D eigenvalue weighted by molar-refractivity contribution is 6.11. The standard InChI is InChI=1S/C21H22N2O4/c1-13-8-9-16(10-14(13)2)11-20(25)27-15(3)21(26)23-12-19(24)22-17-6-4-5-7-18(17)23/h4-10,15H,11-12H2,1-3H3,(H,22,24)/t15-/m1/s1. The van der Waals surface area contributed by atoms with Crippen LogP contribution in [0, 0.1) is 13.8 Å². The Bertz CT molecular complexity index is 907. The molecule has 1 aliphatic heterocycles. The largest absolute Gasteiger partial charge is 0.452 e. The molecule has 2 aromatic rings. The van der Waals surface area contributed by atoms with Gasteiger partial charge in [0.05, 0.1) is 17.8 Å².